The van der Waals surface area contributed by atoms with Gasteiger partial charge in [0.25, 0.3) is 0 Å². The Hall–Kier alpha value is -1.51. The van der Waals surface area contributed by atoms with E-state index in [0.29, 0.717) is 6.54 Å². The first kappa shape index (κ1) is 13.9. The molecule has 0 aliphatic rings. The van der Waals surface area contributed by atoms with Crippen molar-refractivity contribution in [2.24, 2.45) is 5.73 Å². The summed E-state index contributed by atoms with van der Waals surface area (Å²) in [5.74, 6) is 1.11. The Kier molecular flexibility index (Phi) is 4.83. The summed E-state index contributed by atoms with van der Waals surface area (Å²) in [4.78, 5) is 0. The Labute approximate surface area is 119 Å². The molecule has 0 aromatic heterocycles. The van der Waals surface area contributed by atoms with E-state index in [1.807, 2.05) is 30.3 Å². The van der Waals surface area contributed by atoms with E-state index in [1.54, 1.807) is 7.11 Å². The number of methoxy groups -OCH3 is 1. The molecule has 2 rings (SSSR count). The fourth-order valence-corrected chi connectivity index (χ4v) is 2.47. The minimum atomic E-state index is 0.249. The van der Waals surface area contributed by atoms with Crippen molar-refractivity contribution in [1.29, 1.82) is 0 Å². The molecule has 0 unspecified atom stereocenters. The summed E-state index contributed by atoms with van der Waals surface area (Å²) < 4.78 is 5.29. The van der Waals surface area contributed by atoms with Crippen molar-refractivity contribution in [3.05, 3.63) is 64.7 Å². The third kappa shape index (κ3) is 3.49. The second-order valence-electron chi connectivity index (χ2n) is 4.46. The molecular weight excluding hydrogens is 258 g/mol. The number of hydrogen-bond donors (Lipinski definition) is 1. The third-order valence-electron chi connectivity index (χ3n) is 3.20. The van der Waals surface area contributed by atoms with Crippen molar-refractivity contribution in [3.8, 4) is 5.75 Å². The van der Waals surface area contributed by atoms with Crippen molar-refractivity contribution < 1.29 is 4.74 Å². The Morgan fingerprint density at radius 1 is 1.11 bits per heavy atom. The van der Waals surface area contributed by atoms with Crippen molar-refractivity contribution in [2.45, 2.75) is 12.3 Å². The molecule has 2 nitrogen and oxygen atoms in total. The van der Waals surface area contributed by atoms with Gasteiger partial charge in [-0.05, 0) is 48.4 Å². The van der Waals surface area contributed by atoms with Crippen LogP contribution in [-0.4, -0.2) is 13.7 Å². The molecule has 0 bridgehead atoms. The Balaban J connectivity index is 2.38. The Bertz CT molecular complexity index is 542. The van der Waals surface area contributed by atoms with Gasteiger partial charge in [0.15, 0.2) is 0 Å². The first-order valence-electron chi connectivity index (χ1n) is 6.34. The molecule has 1 atom stereocenters. The van der Waals surface area contributed by atoms with Crippen LogP contribution in [0, 0.1) is 0 Å². The standard InChI is InChI=1S/C16H18ClNO/c1-19-15-7-3-5-13(11-15)16(8-9-18)12-4-2-6-14(17)10-12/h2-7,10-11,16H,8-9,18H2,1H3/t16-/m1/s1. The monoisotopic (exact) mass is 275 g/mol. The van der Waals surface area contributed by atoms with Gasteiger partial charge in [-0.3, -0.25) is 0 Å². The molecule has 0 aliphatic carbocycles. The molecule has 2 N–H and O–H groups in total. The van der Waals surface area contributed by atoms with Gasteiger partial charge in [0, 0.05) is 10.9 Å². The van der Waals surface area contributed by atoms with Crippen LogP contribution < -0.4 is 10.5 Å². The SMILES string of the molecule is COc1cccc([C@H](CCN)c2cccc(Cl)c2)c1. The zero-order valence-corrected chi connectivity index (χ0v) is 11.7. The van der Waals surface area contributed by atoms with E-state index in [-0.39, 0.29) is 5.92 Å². The van der Waals surface area contributed by atoms with Crippen LogP contribution in [0.4, 0.5) is 0 Å². The fraction of sp³-hybridized carbons (Fsp3) is 0.250. The van der Waals surface area contributed by atoms with Gasteiger partial charge in [-0.1, -0.05) is 35.9 Å². The highest BCUT2D eigenvalue weighted by atomic mass is 35.5. The molecule has 0 saturated carbocycles. The minimum Gasteiger partial charge on any atom is -0.497 e. The lowest BCUT2D eigenvalue weighted by Gasteiger charge is -2.18. The number of hydrogen-bond acceptors (Lipinski definition) is 2. The van der Waals surface area contributed by atoms with Crippen molar-refractivity contribution in [1.82, 2.24) is 0 Å². The number of nitrogens with two attached hydrogens (primary N) is 1. The van der Waals surface area contributed by atoms with Crippen LogP contribution in [-0.2, 0) is 0 Å². The van der Waals surface area contributed by atoms with Crippen LogP contribution in [0.25, 0.3) is 0 Å². The molecule has 0 radical (unpaired) electrons. The Morgan fingerprint density at radius 2 is 1.79 bits per heavy atom. The average molecular weight is 276 g/mol. The molecule has 2 aromatic carbocycles. The molecule has 0 saturated heterocycles. The average Bonchev–Trinajstić information content (AvgIpc) is 2.45. The van der Waals surface area contributed by atoms with Crippen molar-refractivity contribution in [3.63, 3.8) is 0 Å². The highest BCUT2D eigenvalue weighted by Crippen LogP contribution is 2.31. The van der Waals surface area contributed by atoms with E-state index in [1.165, 1.54) is 11.1 Å². The van der Waals surface area contributed by atoms with Gasteiger partial charge >= 0.3 is 0 Å². The quantitative estimate of drug-likeness (QED) is 0.900. The zero-order valence-electron chi connectivity index (χ0n) is 11.0. The maximum Gasteiger partial charge on any atom is 0.119 e. The molecule has 0 fully saturated rings. The van der Waals surface area contributed by atoms with Crippen molar-refractivity contribution >= 4 is 11.6 Å². The molecule has 0 spiro atoms. The Morgan fingerprint density at radius 3 is 2.42 bits per heavy atom. The van der Waals surface area contributed by atoms with Gasteiger partial charge in [-0.25, -0.2) is 0 Å². The van der Waals surface area contributed by atoms with Crippen LogP contribution in [0.5, 0.6) is 5.75 Å². The van der Waals surface area contributed by atoms with E-state index in [4.69, 9.17) is 22.1 Å². The summed E-state index contributed by atoms with van der Waals surface area (Å²) in [5.41, 5.74) is 8.14. The van der Waals surface area contributed by atoms with Gasteiger partial charge in [0.2, 0.25) is 0 Å². The zero-order chi connectivity index (χ0) is 13.7. The molecule has 100 valence electrons. The van der Waals surface area contributed by atoms with Gasteiger partial charge in [0.1, 0.15) is 5.75 Å². The van der Waals surface area contributed by atoms with Crippen LogP contribution in [0.2, 0.25) is 5.02 Å². The minimum absolute atomic E-state index is 0.249. The number of rotatable bonds is 5. The van der Waals surface area contributed by atoms with Crippen LogP contribution in [0.3, 0.4) is 0 Å². The number of halogens is 1. The lowest BCUT2D eigenvalue weighted by atomic mass is 9.88. The molecule has 2 aromatic rings. The van der Waals surface area contributed by atoms with E-state index in [2.05, 4.69) is 18.2 Å². The molecular formula is C16H18ClNO. The van der Waals surface area contributed by atoms with Gasteiger partial charge < -0.3 is 10.5 Å². The van der Waals surface area contributed by atoms with Gasteiger partial charge in [0.05, 0.1) is 7.11 Å². The van der Waals surface area contributed by atoms with E-state index in [9.17, 15) is 0 Å². The number of benzene rings is 2. The number of ether oxygens (including phenoxy) is 1. The molecule has 19 heavy (non-hydrogen) atoms. The maximum absolute atomic E-state index is 6.08. The van der Waals surface area contributed by atoms with Gasteiger partial charge in [-0.2, -0.15) is 0 Å². The summed E-state index contributed by atoms with van der Waals surface area (Å²) in [6, 6.07) is 16.1. The van der Waals surface area contributed by atoms with Crippen LogP contribution in [0.15, 0.2) is 48.5 Å². The van der Waals surface area contributed by atoms with Crippen molar-refractivity contribution in [2.75, 3.05) is 13.7 Å². The van der Waals surface area contributed by atoms with E-state index < -0.39 is 0 Å². The summed E-state index contributed by atoms with van der Waals surface area (Å²) >= 11 is 6.08. The van der Waals surface area contributed by atoms with E-state index in [0.717, 1.165) is 17.2 Å². The molecule has 0 amide bonds. The highest BCUT2D eigenvalue weighted by molar-refractivity contribution is 6.30. The largest absolute Gasteiger partial charge is 0.497 e. The lowest BCUT2D eigenvalue weighted by molar-refractivity contribution is 0.414. The van der Waals surface area contributed by atoms with E-state index >= 15 is 0 Å². The molecule has 3 heteroatoms. The highest BCUT2D eigenvalue weighted by Gasteiger charge is 2.14. The van der Waals surface area contributed by atoms with Crippen LogP contribution in [0.1, 0.15) is 23.5 Å². The topological polar surface area (TPSA) is 35.2 Å². The third-order valence-corrected chi connectivity index (χ3v) is 3.44. The summed E-state index contributed by atoms with van der Waals surface area (Å²) in [6.07, 6.45) is 0.882. The lowest BCUT2D eigenvalue weighted by Crippen LogP contribution is -2.09. The first-order valence-corrected chi connectivity index (χ1v) is 6.72. The second kappa shape index (κ2) is 6.60. The maximum atomic E-state index is 6.08. The fourth-order valence-electron chi connectivity index (χ4n) is 2.27. The van der Waals surface area contributed by atoms with Gasteiger partial charge in [-0.15, -0.1) is 0 Å². The normalized spacial score (nSPS) is 12.2. The smallest absolute Gasteiger partial charge is 0.119 e. The van der Waals surface area contributed by atoms with Crippen LogP contribution >= 0.6 is 11.6 Å². The summed E-state index contributed by atoms with van der Waals surface area (Å²) in [7, 11) is 1.68. The molecule has 0 heterocycles. The second-order valence-corrected chi connectivity index (χ2v) is 4.90. The predicted octanol–water partition coefficient (Wildman–Crippen LogP) is 3.83. The first-order chi connectivity index (χ1) is 9.24. The summed E-state index contributed by atoms with van der Waals surface area (Å²) in [6.45, 7) is 0.633. The summed E-state index contributed by atoms with van der Waals surface area (Å²) in [5, 5.41) is 0.752. The molecule has 0 aliphatic heterocycles. The predicted molar refractivity (Wildman–Crippen MR) is 80.0 cm³/mol.